The van der Waals surface area contributed by atoms with Crippen LogP contribution in [-0.4, -0.2) is 28.5 Å². The molecule has 1 aromatic carbocycles. The highest BCUT2D eigenvalue weighted by atomic mass is 19.1. The van der Waals surface area contributed by atoms with Gasteiger partial charge in [-0.15, -0.1) is 0 Å². The zero-order valence-corrected chi connectivity index (χ0v) is 12.5. The van der Waals surface area contributed by atoms with Gasteiger partial charge in [-0.1, -0.05) is 12.1 Å². The monoisotopic (exact) mass is 280 g/mol. The average molecular weight is 280 g/mol. The Morgan fingerprint density at radius 2 is 1.85 bits per heavy atom. The second-order valence-electron chi connectivity index (χ2n) is 6.59. The molecule has 0 aliphatic heterocycles. The standard InChI is InChI=1S/C15H22BFO3/c1-14(2,18)15(3,4)20-16(19)12-8-7-11(9-13(12)17)10-5-6-10/h7-10,18-19H,5-6H2,1-4H3. The lowest BCUT2D eigenvalue weighted by Gasteiger charge is -2.38. The first-order valence-electron chi connectivity index (χ1n) is 6.99. The van der Waals surface area contributed by atoms with E-state index in [4.69, 9.17) is 4.65 Å². The van der Waals surface area contributed by atoms with Crippen molar-refractivity contribution in [2.24, 2.45) is 0 Å². The van der Waals surface area contributed by atoms with Crippen LogP contribution in [0.3, 0.4) is 0 Å². The predicted octanol–water partition coefficient (Wildman–Crippen LogP) is 1.96. The third-order valence-electron chi connectivity index (χ3n) is 4.22. The van der Waals surface area contributed by atoms with Crippen molar-refractivity contribution in [3.05, 3.63) is 29.6 Å². The normalized spacial score (nSPS) is 16.4. The van der Waals surface area contributed by atoms with Crippen molar-refractivity contribution in [1.29, 1.82) is 0 Å². The highest BCUT2D eigenvalue weighted by Crippen LogP contribution is 2.39. The first-order chi connectivity index (χ1) is 9.12. The Labute approximate surface area is 119 Å². The van der Waals surface area contributed by atoms with Crippen molar-refractivity contribution in [2.45, 2.75) is 57.7 Å². The molecular weight excluding hydrogens is 258 g/mol. The first kappa shape index (κ1) is 15.5. The van der Waals surface area contributed by atoms with Crippen molar-refractivity contribution in [2.75, 3.05) is 0 Å². The van der Waals surface area contributed by atoms with Crippen LogP contribution in [0.15, 0.2) is 18.2 Å². The fraction of sp³-hybridized carbons (Fsp3) is 0.600. The molecule has 0 atom stereocenters. The van der Waals surface area contributed by atoms with Gasteiger partial charge in [-0.05, 0) is 58.1 Å². The number of aliphatic hydroxyl groups is 1. The first-order valence-corrected chi connectivity index (χ1v) is 6.99. The smallest absolute Gasteiger partial charge is 0.423 e. The molecule has 5 heteroatoms. The molecule has 1 saturated carbocycles. The van der Waals surface area contributed by atoms with Gasteiger partial charge in [-0.2, -0.15) is 0 Å². The summed E-state index contributed by atoms with van der Waals surface area (Å²) in [5.74, 6) is -0.00197. The zero-order valence-electron chi connectivity index (χ0n) is 12.5. The number of benzene rings is 1. The van der Waals surface area contributed by atoms with Crippen LogP contribution in [0.5, 0.6) is 0 Å². The second-order valence-corrected chi connectivity index (χ2v) is 6.59. The summed E-state index contributed by atoms with van der Waals surface area (Å²) >= 11 is 0. The maximum absolute atomic E-state index is 14.1. The van der Waals surface area contributed by atoms with Gasteiger partial charge in [-0.25, -0.2) is 4.39 Å². The molecular formula is C15H22BFO3. The van der Waals surface area contributed by atoms with Crippen LogP contribution in [0.25, 0.3) is 0 Å². The maximum Gasteiger partial charge on any atom is 0.494 e. The van der Waals surface area contributed by atoms with Crippen LogP contribution in [0.2, 0.25) is 0 Å². The summed E-state index contributed by atoms with van der Waals surface area (Å²) in [4.78, 5) is 0. The summed E-state index contributed by atoms with van der Waals surface area (Å²) in [5.41, 5.74) is -1.08. The third-order valence-corrected chi connectivity index (χ3v) is 4.22. The molecule has 2 N–H and O–H groups in total. The molecule has 1 aliphatic carbocycles. The SMILES string of the molecule is CC(C)(O)C(C)(C)OB(O)c1ccc(C2CC2)cc1F. The Hall–Kier alpha value is -0.905. The highest BCUT2D eigenvalue weighted by molar-refractivity contribution is 6.60. The quantitative estimate of drug-likeness (QED) is 0.811. The van der Waals surface area contributed by atoms with E-state index in [0.29, 0.717) is 5.92 Å². The molecule has 0 unspecified atom stereocenters. The molecule has 3 nitrogen and oxygen atoms in total. The summed E-state index contributed by atoms with van der Waals surface area (Å²) in [5, 5.41) is 20.1. The van der Waals surface area contributed by atoms with Gasteiger partial charge in [0.2, 0.25) is 0 Å². The highest BCUT2D eigenvalue weighted by Gasteiger charge is 2.40. The van der Waals surface area contributed by atoms with Gasteiger partial charge in [0, 0.05) is 5.46 Å². The van der Waals surface area contributed by atoms with Crippen molar-refractivity contribution in [3.63, 3.8) is 0 Å². The van der Waals surface area contributed by atoms with Gasteiger partial charge in [0.25, 0.3) is 0 Å². The van der Waals surface area contributed by atoms with Gasteiger partial charge in [0.15, 0.2) is 0 Å². The number of rotatable bonds is 5. The molecule has 1 fully saturated rings. The van der Waals surface area contributed by atoms with E-state index in [1.807, 2.05) is 6.07 Å². The van der Waals surface area contributed by atoms with Crippen LogP contribution in [0, 0.1) is 5.82 Å². The minimum Gasteiger partial charge on any atom is -0.423 e. The lowest BCUT2D eigenvalue weighted by atomic mass is 9.76. The van der Waals surface area contributed by atoms with E-state index in [2.05, 4.69) is 0 Å². The van der Waals surface area contributed by atoms with Crippen LogP contribution >= 0.6 is 0 Å². The van der Waals surface area contributed by atoms with Crippen molar-refractivity contribution >= 4 is 12.6 Å². The number of hydrogen-bond acceptors (Lipinski definition) is 3. The van der Waals surface area contributed by atoms with Crippen LogP contribution in [0.1, 0.15) is 52.0 Å². The predicted molar refractivity (Wildman–Crippen MR) is 77.4 cm³/mol. The van der Waals surface area contributed by atoms with Crippen LogP contribution in [0.4, 0.5) is 4.39 Å². The second kappa shape index (κ2) is 5.13. The average Bonchev–Trinajstić information content (AvgIpc) is 3.09. The molecule has 0 aromatic heterocycles. The van der Waals surface area contributed by atoms with Gasteiger partial charge < -0.3 is 14.8 Å². The Morgan fingerprint density at radius 1 is 1.25 bits per heavy atom. The largest absolute Gasteiger partial charge is 0.494 e. The minimum atomic E-state index is -1.40. The summed E-state index contributed by atoms with van der Waals surface area (Å²) in [6, 6.07) is 4.87. The summed E-state index contributed by atoms with van der Waals surface area (Å²) < 4.78 is 19.5. The molecule has 1 aromatic rings. The lowest BCUT2D eigenvalue weighted by molar-refractivity contribution is -0.0983. The number of halogens is 1. The molecule has 0 bridgehead atoms. The van der Waals surface area contributed by atoms with E-state index in [-0.39, 0.29) is 5.46 Å². The fourth-order valence-corrected chi connectivity index (χ4v) is 1.90. The van der Waals surface area contributed by atoms with Crippen LogP contribution < -0.4 is 5.46 Å². The Morgan fingerprint density at radius 3 is 2.30 bits per heavy atom. The van der Waals surface area contributed by atoms with E-state index in [1.165, 1.54) is 6.07 Å². The molecule has 2 rings (SSSR count). The van der Waals surface area contributed by atoms with E-state index in [1.54, 1.807) is 33.8 Å². The molecule has 1 aliphatic rings. The topological polar surface area (TPSA) is 49.7 Å². The molecule has 20 heavy (non-hydrogen) atoms. The molecule has 0 amide bonds. The Kier molecular flexibility index (Phi) is 3.97. The molecule has 0 spiro atoms. The van der Waals surface area contributed by atoms with Gasteiger partial charge in [0.1, 0.15) is 5.82 Å². The lowest BCUT2D eigenvalue weighted by Crippen LogP contribution is -2.53. The van der Waals surface area contributed by atoms with Gasteiger partial charge >= 0.3 is 7.12 Å². The Balaban J connectivity index is 2.15. The van der Waals surface area contributed by atoms with Crippen molar-refractivity contribution in [3.8, 4) is 0 Å². The van der Waals surface area contributed by atoms with Gasteiger partial charge in [0.05, 0.1) is 11.2 Å². The maximum atomic E-state index is 14.1. The Bertz CT molecular complexity index is 492. The molecule has 0 radical (unpaired) electrons. The van der Waals surface area contributed by atoms with Crippen molar-refractivity contribution < 1.29 is 19.2 Å². The number of hydrogen-bond donors (Lipinski definition) is 2. The van der Waals surface area contributed by atoms with Crippen LogP contribution in [-0.2, 0) is 4.65 Å². The van der Waals surface area contributed by atoms with E-state index < -0.39 is 24.1 Å². The van der Waals surface area contributed by atoms with E-state index in [0.717, 1.165) is 18.4 Å². The molecule has 0 saturated heterocycles. The summed E-state index contributed by atoms with van der Waals surface area (Å²) in [7, 11) is -1.40. The summed E-state index contributed by atoms with van der Waals surface area (Å²) in [6.07, 6.45) is 2.20. The van der Waals surface area contributed by atoms with Crippen molar-refractivity contribution in [1.82, 2.24) is 0 Å². The summed E-state index contributed by atoms with van der Waals surface area (Å²) in [6.45, 7) is 6.50. The minimum absolute atomic E-state index is 0.103. The molecule has 110 valence electrons. The molecule has 0 heterocycles. The van der Waals surface area contributed by atoms with Gasteiger partial charge in [-0.3, -0.25) is 0 Å². The van der Waals surface area contributed by atoms with E-state index >= 15 is 0 Å². The fourth-order valence-electron chi connectivity index (χ4n) is 1.90. The van der Waals surface area contributed by atoms with E-state index in [9.17, 15) is 14.5 Å². The zero-order chi connectivity index (χ0) is 15.1. The third kappa shape index (κ3) is 3.22.